The fourth-order valence-electron chi connectivity index (χ4n) is 0.848. The van der Waals surface area contributed by atoms with Gasteiger partial charge in [-0.2, -0.15) is 0 Å². The molecular formula is C8H13O4. The van der Waals surface area contributed by atoms with E-state index >= 15 is 0 Å². The average molecular weight is 173 g/mol. The van der Waals surface area contributed by atoms with Crippen LogP contribution in [0, 0.1) is 5.92 Å². The first-order valence-corrected chi connectivity index (χ1v) is 3.81. The Balaban J connectivity index is 3.93. The van der Waals surface area contributed by atoms with Gasteiger partial charge in [0, 0.05) is 13.0 Å². The molecule has 0 aromatic carbocycles. The summed E-state index contributed by atoms with van der Waals surface area (Å²) in [6.45, 7) is 1.25. The number of aliphatic hydroxyl groups is 2. The van der Waals surface area contributed by atoms with Crippen LogP contribution in [-0.4, -0.2) is 35.0 Å². The van der Waals surface area contributed by atoms with E-state index in [2.05, 4.69) is 0 Å². The molecule has 0 rings (SSSR count). The minimum atomic E-state index is -0.885. The molecule has 69 valence electrons. The highest BCUT2D eigenvalue weighted by molar-refractivity contribution is 5.93. The molecule has 12 heavy (non-hydrogen) atoms. The predicted molar refractivity (Wildman–Crippen MR) is 42.2 cm³/mol. The second-order valence-electron chi connectivity index (χ2n) is 2.70. The Kier molecular flexibility index (Phi) is 5.49. The predicted octanol–water partition coefficient (Wildman–Crippen LogP) is -0.565. The summed E-state index contributed by atoms with van der Waals surface area (Å²) in [5.41, 5.74) is 0. The number of carbonyl (C=O) groups is 1. The van der Waals surface area contributed by atoms with Crippen molar-refractivity contribution in [1.29, 1.82) is 0 Å². The van der Waals surface area contributed by atoms with Gasteiger partial charge >= 0.3 is 0 Å². The van der Waals surface area contributed by atoms with Crippen molar-refractivity contribution in [3.05, 3.63) is 0 Å². The van der Waals surface area contributed by atoms with Crippen LogP contribution in [0.2, 0.25) is 0 Å². The molecule has 4 heteroatoms. The molecule has 0 fully saturated rings. The molecule has 0 bridgehead atoms. The van der Waals surface area contributed by atoms with Crippen LogP contribution in [0.3, 0.4) is 0 Å². The Morgan fingerprint density at radius 1 is 1.58 bits per heavy atom. The van der Waals surface area contributed by atoms with E-state index in [1.807, 2.05) is 0 Å². The largest absolute Gasteiger partial charge is 0.396 e. The molecular weight excluding hydrogens is 160 g/mol. The lowest BCUT2D eigenvalue weighted by Gasteiger charge is -2.07. The van der Waals surface area contributed by atoms with Crippen molar-refractivity contribution < 1.29 is 19.8 Å². The molecule has 0 aromatic heterocycles. The molecule has 0 saturated carbocycles. The van der Waals surface area contributed by atoms with Gasteiger partial charge in [0.15, 0.2) is 0 Å². The molecule has 0 amide bonds. The first-order chi connectivity index (χ1) is 5.61. The quantitative estimate of drug-likeness (QED) is 0.528. The number of rotatable bonds is 6. The molecule has 1 radical (unpaired) electrons. The van der Waals surface area contributed by atoms with E-state index in [4.69, 9.17) is 10.2 Å². The number of ketones is 1. The van der Waals surface area contributed by atoms with E-state index in [-0.39, 0.29) is 25.2 Å². The zero-order valence-corrected chi connectivity index (χ0v) is 6.99. The standard InChI is InChI=1S/C8H13O4/c1-6(11)4-8(12)7(5-10)2-3-9/h6-7,9,11H,2-4H2,1H3. The van der Waals surface area contributed by atoms with Crippen LogP contribution < -0.4 is 0 Å². The van der Waals surface area contributed by atoms with Gasteiger partial charge in [-0.05, 0) is 13.3 Å². The van der Waals surface area contributed by atoms with Crippen LogP contribution >= 0.6 is 0 Å². The molecule has 2 N–H and O–H groups in total. The van der Waals surface area contributed by atoms with Gasteiger partial charge in [-0.25, -0.2) is 0 Å². The molecule has 0 saturated heterocycles. The lowest BCUT2D eigenvalue weighted by Crippen LogP contribution is -2.21. The second-order valence-corrected chi connectivity index (χ2v) is 2.70. The molecule has 2 unspecified atom stereocenters. The summed E-state index contributed by atoms with van der Waals surface area (Å²) in [7, 11) is 0. The minimum absolute atomic E-state index is 0.0556. The highest BCUT2D eigenvalue weighted by Crippen LogP contribution is 2.05. The fourth-order valence-corrected chi connectivity index (χ4v) is 0.848. The van der Waals surface area contributed by atoms with Gasteiger partial charge < -0.3 is 10.2 Å². The van der Waals surface area contributed by atoms with Gasteiger partial charge in [-0.3, -0.25) is 9.59 Å². The summed E-state index contributed by atoms with van der Waals surface area (Å²) < 4.78 is 0. The van der Waals surface area contributed by atoms with E-state index in [0.29, 0.717) is 0 Å². The lowest BCUT2D eigenvalue weighted by atomic mass is 9.98. The van der Waals surface area contributed by atoms with Crippen LogP contribution in [-0.2, 0) is 9.59 Å². The molecule has 0 spiro atoms. The topological polar surface area (TPSA) is 74.6 Å². The van der Waals surface area contributed by atoms with Crippen molar-refractivity contribution >= 4 is 12.1 Å². The molecule has 0 aromatic rings. The van der Waals surface area contributed by atoms with E-state index in [1.54, 1.807) is 0 Å². The first-order valence-electron chi connectivity index (χ1n) is 3.81. The zero-order valence-electron chi connectivity index (χ0n) is 6.99. The van der Waals surface area contributed by atoms with Crippen molar-refractivity contribution in [2.24, 2.45) is 5.92 Å². The normalized spacial score (nSPS) is 15.2. The minimum Gasteiger partial charge on any atom is -0.396 e. The lowest BCUT2D eigenvalue weighted by molar-refractivity contribution is -0.123. The van der Waals surface area contributed by atoms with Crippen molar-refractivity contribution in [2.45, 2.75) is 25.9 Å². The van der Waals surface area contributed by atoms with Gasteiger partial charge in [-0.1, -0.05) is 0 Å². The maximum Gasteiger partial charge on any atom is 0.209 e. The Bertz CT molecular complexity index is 153. The number of Topliss-reactive ketones (excluding diaryl/α,β-unsaturated/α-hetero) is 1. The van der Waals surface area contributed by atoms with Crippen LogP contribution in [0.5, 0.6) is 0 Å². The highest BCUT2D eigenvalue weighted by atomic mass is 16.3. The van der Waals surface area contributed by atoms with Crippen LogP contribution in [0.15, 0.2) is 0 Å². The highest BCUT2D eigenvalue weighted by Gasteiger charge is 2.18. The van der Waals surface area contributed by atoms with Crippen molar-refractivity contribution in [1.82, 2.24) is 0 Å². The summed E-state index contributed by atoms with van der Waals surface area (Å²) in [4.78, 5) is 21.2. The number of aliphatic hydroxyl groups excluding tert-OH is 2. The van der Waals surface area contributed by atoms with E-state index < -0.39 is 12.0 Å². The number of hydrogen-bond acceptors (Lipinski definition) is 4. The fraction of sp³-hybridized carbons (Fsp3) is 0.750. The third-order valence-corrected chi connectivity index (χ3v) is 1.45. The molecule has 2 atom stereocenters. The molecule has 0 aliphatic heterocycles. The smallest absolute Gasteiger partial charge is 0.209 e. The summed E-state index contributed by atoms with van der Waals surface area (Å²) >= 11 is 0. The average Bonchev–Trinajstić information content (AvgIpc) is 1.98. The summed E-state index contributed by atoms with van der Waals surface area (Å²) in [6.07, 6.45) is 0.831. The molecule has 0 aliphatic carbocycles. The Labute approximate surface area is 71.2 Å². The first kappa shape index (κ1) is 11.3. The van der Waals surface area contributed by atoms with E-state index in [1.165, 1.54) is 13.2 Å². The van der Waals surface area contributed by atoms with Gasteiger partial charge in [0.25, 0.3) is 0 Å². The monoisotopic (exact) mass is 173 g/mol. The van der Waals surface area contributed by atoms with E-state index in [9.17, 15) is 9.59 Å². The van der Waals surface area contributed by atoms with Crippen LogP contribution in [0.4, 0.5) is 0 Å². The van der Waals surface area contributed by atoms with Crippen molar-refractivity contribution in [2.75, 3.05) is 6.61 Å². The zero-order chi connectivity index (χ0) is 9.56. The Morgan fingerprint density at radius 2 is 2.17 bits per heavy atom. The van der Waals surface area contributed by atoms with Gasteiger partial charge in [0.2, 0.25) is 6.29 Å². The van der Waals surface area contributed by atoms with Gasteiger partial charge in [0.05, 0.1) is 12.0 Å². The molecule has 4 nitrogen and oxygen atoms in total. The Hall–Kier alpha value is -0.740. The summed E-state index contributed by atoms with van der Waals surface area (Å²) in [5, 5.41) is 17.3. The molecule has 0 aliphatic rings. The maximum absolute atomic E-state index is 11.0. The van der Waals surface area contributed by atoms with Crippen molar-refractivity contribution in [3.8, 4) is 0 Å². The number of carbonyl (C=O) groups excluding carboxylic acids is 2. The van der Waals surface area contributed by atoms with Crippen LogP contribution in [0.1, 0.15) is 19.8 Å². The third kappa shape index (κ3) is 4.20. The van der Waals surface area contributed by atoms with Gasteiger partial charge in [-0.15, -0.1) is 0 Å². The van der Waals surface area contributed by atoms with Gasteiger partial charge in [0.1, 0.15) is 5.78 Å². The van der Waals surface area contributed by atoms with Crippen molar-refractivity contribution in [3.63, 3.8) is 0 Å². The Morgan fingerprint density at radius 3 is 2.50 bits per heavy atom. The summed E-state index contributed by atoms with van der Waals surface area (Å²) in [6, 6.07) is 0. The maximum atomic E-state index is 11.0. The van der Waals surface area contributed by atoms with E-state index in [0.717, 1.165) is 0 Å². The second kappa shape index (κ2) is 5.85. The molecule has 0 heterocycles. The van der Waals surface area contributed by atoms with Crippen LogP contribution in [0.25, 0.3) is 0 Å². The summed E-state index contributed by atoms with van der Waals surface area (Å²) in [5.74, 6) is -1.25. The number of hydrogen-bond donors (Lipinski definition) is 2. The SMILES string of the molecule is CC(O)CC(=O)C([C]=O)CCO. The third-order valence-electron chi connectivity index (χ3n) is 1.45.